The molecule has 0 radical (unpaired) electrons. The molecule has 0 aromatic heterocycles. The Labute approximate surface area is 148 Å². The van der Waals surface area contributed by atoms with Crippen LogP contribution in [0.1, 0.15) is 31.9 Å². The summed E-state index contributed by atoms with van der Waals surface area (Å²) in [5.74, 6) is -0.158. The summed E-state index contributed by atoms with van der Waals surface area (Å²) in [5.41, 5.74) is 0.0976. The van der Waals surface area contributed by atoms with Gasteiger partial charge in [-0.05, 0) is 19.4 Å². The number of rotatable bonds is 1. The molecule has 0 N–H and O–H groups in total. The van der Waals surface area contributed by atoms with Gasteiger partial charge in [-0.25, -0.2) is 0 Å². The van der Waals surface area contributed by atoms with Gasteiger partial charge in [0.25, 0.3) is 11.8 Å². The molecule has 2 amide bonds. The molecule has 4 fully saturated rings. The average Bonchev–Trinajstić information content (AvgIpc) is 2.87. The Morgan fingerprint density at radius 2 is 1.83 bits per heavy atom. The summed E-state index contributed by atoms with van der Waals surface area (Å²) >= 11 is 0. The molecule has 5 nitrogen and oxygen atoms in total. The molecule has 4 heterocycles. The van der Waals surface area contributed by atoms with Crippen LogP contribution in [0.2, 0.25) is 0 Å². The number of fused-ring (bicyclic) bond motifs is 2. The maximum Gasteiger partial charge on any atom is 0.261 e. The monoisotopic (exact) mass is 359 g/mol. The van der Waals surface area contributed by atoms with E-state index in [2.05, 4.69) is 6.07 Å². The van der Waals surface area contributed by atoms with Crippen LogP contribution < -0.4 is 0 Å². The van der Waals surface area contributed by atoms with Crippen LogP contribution in [0, 0.1) is 16.7 Å². The lowest BCUT2D eigenvalue weighted by molar-refractivity contribution is -0.164. The lowest BCUT2D eigenvalue weighted by Gasteiger charge is -2.57. The summed E-state index contributed by atoms with van der Waals surface area (Å²) < 4.78 is 0. The van der Waals surface area contributed by atoms with E-state index in [4.69, 9.17) is 0 Å². The number of hydrogen-bond donors (Lipinski definition) is 0. The smallest absolute Gasteiger partial charge is 0.261 e. The fourth-order valence-electron chi connectivity index (χ4n) is 4.06. The highest BCUT2D eigenvalue weighted by molar-refractivity contribution is 8.78. The van der Waals surface area contributed by atoms with Gasteiger partial charge in [-0.2, -0.15) is 5.26 Å². The molecule has 1 spiro atoms. The number of hydrogen-bond acceptors (Lipinski definition) is 5. The Morgan fingerprint density at radius 1 is 1.17 bits per heavy atom. The van der Waals surface area contributed by atoms with E-state index in [-0.39, 0.29) is 11.8 Å². The van der Waals surface area contributed by atoms with Gasteiger partial charge >= 0.3 is 0 Å². The fourth-order valence-corrected chi connectivity index (χ4v) is 7.64. The molecule has 7 heteroatoms. The molecule has 2 bridgehead atoms. The summed E-state index contributed by atoms with van der Waals surface area (Å²) in [5, 5.41) is 9.90. The third kappa shape index (κ3) is 1.63. The van der Waals surface area contributed by atoms with Crippen molar-refractivity contribution in [2.24, 2.45) is 5.41 Å². The van der Waals surface area contributed by atoms with Gasteiger partial charge in [0.1, 0.15) is 0 Å². The maximum atomic E-state index is 13.3. The minimum Gasteiger partial charge on any atom is -0.319 e. The number of carbonyl (C=O) groups excluding carboxylic acids is 2. The SMILES string of the molecule is CN1C(=O)[C@]23C[C@](C)(C#N)C(c4ccccc4)N2C(=O)[C@@]1(C)SS3. The Kier molecular flexibility index (Phi) is 3.11. The Morgan fingerprint density at radius 3 is 2.46 bits per heavy atom. The zero-order valence-corrected chi connectivity index (χ0v) is 15.3. The molecular weight excluding hydrogens is 342 g/mol. The van der Waals surface area contributed by atoms with Gasteiger partial charge in [-0.1, -0.05) is 51.9 Å². The number of amides is 2. The van der Waals surface area contributed by atoms with Crippen LogP contribution in [0.3, 0.4) is 0 Å². The maximum absolute atomic E-state index is 13.3. The van der Waals surface area contributed by atoms with Crippen molar-refractivity contribution in [1.82, 2.24) is 9.80 Å². The zero-order valence-electron chi connectivity index (χ0n) is 13.6. The molecule has 4 saturated heterocycles. The van der Waals surface area contributed by atoms with Crippen molar-refractivity contribution in [3.05, 3.63) is 35.9 Å². The first-order valence-corrected chi connectivity index (χ1v) is 9.90. The summed E-state index contributed by atoms with van der Waals surface area (Å²) in [6, 6.07) is 11.6. The van der Waals surface area contributed by atoms with Crippen molar-refractivity contribution in [2.75, 3.05) is 7.05 Å². The van der Waals surface area contributed by atoms with Crippen LogP contribution in [0.15, 0.2) is 30.3 Å². The zero-order chi connectivity index (χ0) is 17.3. The number of piperazine rings is 1. The Hall–Kier alpha value is -1.65. The van der Waals surface area contributed by atoms with Crippen molar-refractivity contribution >= 4 is 33.4 Å². The average molecular weight is 359 g/mol. The molecule has 5 rings (SSSR count). The number of carbonyl (C=O) groups is 2. The van der Waals surface area contributed by atoms with Crippen molar-refractivity contribution in [3.63, 3.8) is 0 Å². The number of likely N-dealkylation sites (N-methyl/N-ethyl adjacent to an activating group) is 1. The summed E-state index contributed by atoms with van der Waals surface area (Å²) in [7, 11) is 4.56. The van der Waals surface area contributed by atoms with Crippen molar-refractivity contribution in [3.8, 4) is 6.07 Å². The Bertz CT molecular complexity index is 795. The van der Waals surface area contributed by atoms with Crippen LogP contribution in [0.25, 0.3) is 0 Å². The molecule has 4 aliphatic rings. The lowest BCUT2D eigenvalue weighted by atomic mass is 9.79. The number of benzene rings is 1. The van der Waals surface area contributed by atoms with Crippen LogP contribution >= 0.6 is 21.6 Å². The van der Waals surface area contributed by atoms with Gasteiger partial charge in [0.15, 0.2) is 9.74 Å². The van der Waals surface area contributed by atoms with E-state index in [0.29, 0.717) is 6.42 Å². The molecule has 124 valence electrons. The molecule has 4 aliphatic heterocycles. The summed E-state index contributed by atoms with van der Waals surface area (Å²) in [4.78, 5) is 27.8. The van der Waals surface area contributed by atoms with Gasteiger partial charge in [0.05, 0.1) is 17.5 Å². The molecule has 0 saturated carbocycles. The highest BCUT2D eigenvalue weighted by atomic mass is 33.1. The van der Waals surface area contributed by atoms with Crippen LogP contribution in [-0.2, 0) is 9.59 Å². The highest BCUT2D eigenvalue weighted by Crippen LogP contribution is 2.69. The van der Waals surface area contributed by atoms with E-state index < -0.39 is 21.2 Å². The van der Waals surface area contributed by atoms with E-state index in [9.17, 15) is 14.9 Å². The first-order chi connectivity index (χ1) is 11.3. The van der Waals surface area contributed by atoms with Crippen molar-refractivity contribution in [1.29, 1.82) is 5.26 Å². The van der Waals surface area contributed by atoms with Crippen molar-refractivity contribution in [2.45, 2.75) is 36.1 Å². The Balaban J connectivity index is 1.95. The summed E-state index contributed by atoms with van der Waals surface area (Å²) in [6.07, 6.45) is 0.346. The molecule has 1 aromatic carbocycles. The van der Waals surface area contributed by atoms with E-state index >= 15 is 0 Å². The second-order valence-electron chi connectivity index (χ2n) is 6.99. The van der Waals surface area contributed by atoms with E-state index in [1.165, 1.54) is 21.6 Å². The van der Waals surface area contributed by atoms with Crippen molar-refractivity contribution < 1.29 is 9.59 Å². The molecule has 1 unspecified atom stereocenters. The van der Waals surface area contributed by atoms with Gasteiger partial charge in [0.2, 0.25) is 0 Å². The standard InChI is InChI=1S/C17H17N3O2S2/c1-15(10-18)9-17-14(22)19(3)16(2,23-24-17)13(21)20(17)12(15)11-7-5-4-6-8-11/h4-8,12H,9H2,1-3H3/t12?,15-,16-,17-/m1/s1. The van der Waals surface area contributed by atoms with Gasteiger partial charge in [-0.3, -0.25) is 9.59 Å². The van der Waals surface area contributed by atoms with E-state index in [1.807, 2.05) is 37.3 Å². The third-order valence-corrected chi connectivity index (χ3v) is 9.16. The van der Waals surface area contributed by atoms with Crippen LogP contribution in [0.5, 0.6) is 0 Å². The first kappa shape index (κ1) is 15.9. The molecule has 24 heavy (non-hydrogen) atoms. The molecule has 0 aliphatic carbocycles. The lowest BCUT2D eigenvalue weighted by Crippen LogP contribution is -2.73. The highest BCUT2D eigenvalue weighted by Gasteiger charge is 2.74. The third-order valence-electron chi connectivity index (χ3n) is 5.46. The minimum absolute atomic E-state index is 0.0757. The van der Waals surface area contributed by atoms with Crippen LogP contribution in [-0.4, -0.2) is 38.4 Å². The summed E-state index contributed by atoms with van der Waals surface area (Å²) in [6.45, 7) is 3.65. The number of nitrogens with zero attached hydrogens (tertiary/aromatic N) is 3. The number of nitriles is 1. The topological polar surface area (TPSA) is 64.4 Å². The van der Waals surface area contributed by atoms with E-state index in [0.717, 1.165) is 5.56 Å². The largest absolute Gasteiger partial charge is 0.319 e. The quantitative estimate of drug-likeness (QED) is 0.722. The first-order valence-electron chi connectivity index (χ1n) is 7.75. The normalized spacial score (nSPS) is 40.7. The second kappa shape index (κ2) is 4.70. The van der Waals surface area contributed by atoms with Gasteiger partial charge in [-0.15, -0.1) is 0 Å². The second-order valence-corrected chi connectivity index (χ2v) is 9.80. The van der Waals surface area contributed by atoms with Gasteiger partial charge in [0, 0.05) is 13.5 Å². The molecule has 1 aromatic rings. The predicted octanol–water partition coefficient (Wildman–Crippen LogP) is 2.77. The van der Waals surface area contributed by atoms with Gasteiger partial charge < -0.3 is 9.80 Å². The minimum atomic E-state index is -0.987. The fraction of sp³-hybridized carbons (Fsp3) is 0.471. The van der Waals surface area contributed by atoms with E-state index in [1.54, 1.807) is 23.8 Å². The molecule has 4 atom stereocenters. The van der Waals surface area contributed by atoms with Crippen LogP contribution in [0.4, 0.5) is 0 Å². The predicted molar refractivity (Wildman–Crippen MR) is 93.5 cm³/mol. The molecular formula is C17H17N3O2S2.